The van der Waals surface area contributed by atoms with E-state index in [9.17, 15) is 0 Å². The summed E-state index contributed by atoms with van der Waals surface area (Å²) < 4.78 is 13.2. The van der Waals surface area contributed by atoms with Crippen LogP contribution < -0.4 is 4.74 Å². The molecule has 0 aliphatic carbocycles. The van der Waals surface area contributed by atoms with Gasteiger partial charge in [0.05, 0.1) is 29.8 Å². The van der Waals surface area contributed by atoms with E-state index in [1.807, 2.05) is 47.9 Å². The Morgan fingerprint density at radius 1 is 1.06 bits per heavy atom. The molecular weight excluding hydrogens is 483 g/mol. The number of fused-ring (bicyclic) bond motifs is 1. The Bertz CT molecular complexity index is 1450. The number of rotatable bonds is 6. The van der Waals surface area contributed by atoms with Crippen LogP contribution in [0.25, 0.3) is 33.7 Å². The molecule has 3 heterocycles. The molecule has 33 heavy (non-hydrogen) atoms. The summed E-state index contributed by atoms with van der Waals surface area (Å²) in [6.07, 6.45) is 3.35. The number of hydrogen-bond donors (Lipinski definition) is 0. The van der Waals surface area contributed by atoms with Gasteiger partial charge in [-0.1, -0.05) is 46.0 Å². The SMILES string of the molecule is CCOc1ccc2c(c1)c(-c1noc(-c3cccnc3)n1)c(Cl)n2Cc1ccc(Cl)cc1Cl. The van der Waals surface area contributed by atoms with Crippen LogP contribution in [0.2, 0.25) is 15.2 Å². The Morgan fingerprint density at radius 2 is 1.94 bits per heavy atom. The van der Waals surface area contributed by atoms with E-state index in [0.717, 1.165) is 27.8 Å². The van der Waals surface area contributed by atoms with Crippen LogP contribution in [0.4, 0.5) is 0 Å². The van der Waals surface area contributed by atoms with Crippen molar-refractivity contribution in [1.29, 1.82) is 0 Å². The van der Waals surface area contributed by atoms with Crippen molar-refractivity contribution in [3.8, 4) is 28.6 Å². The lowest BCUT2D eigenvalue weighted by Gasteiger charge is -2.10. The lowest BCUT2D eigenvalue weighted by atomic mass is 10.1. The van der Waals surface area contributed by atoms with E-state index in [1.165, 1.54) is 0 Å². The first kappa shape index (κ1) is 21.8. The Kier molecular flexibility index (Phi) is 5.98. The molecule has 9 heteroatoms. The highest BCUT2D eigenvalue weighted by atomic mass is 35.5. The summed E-state index contributed by atoms with van der Waals surface area (Å²) in [7, 11) is 0. The molecule has 0 radical (unpaired) electrons. The minimum absolute atomic E-state index is 0.358. The van der Waals surface area contributed by atoms with Gasteiger partial charge in [0.1, 0.15) is 10.9 Å². The third-order valence-corrected chi connectivity index (χ3v) is 6.16. The van der Waals surface area contributed by atoms with E-state index in [1.54, 1.807) is 24.5 Å². The number of halogens is 3. The monoisotopic (exact) mass is 498 g/mol. The fraction of sp³-hybridized carbons (Fsp3) is 0.125. The summed E-state index contributed by atoms with van der Waals surface area (Å²) >= 11 is 19.4. The van der Waals surface area contributed by atoms with Crippen molar-refractivity contribution in [2.24, 2.45) is 0 Å². The third kappa shape index (κ3) is 4.17. The fourth-order valence-electron chi connectivity index (χ4n) is 3.68. The topological polar surface area (TPSA) is 66.0 Å². The zero-order valence-electron chi connectivity index (χ0n) is 17.4. The fourth-order valence-corrected chi connectivity index (χ4v) is 4.48. The van der Waals surface area contributed by atoms with Crippen molar-refractivity contribution in [3.05, 3.63) is 81.7 Å². The van der Waals surface area contributed by atoms with Gasteiger partial charge < -0.3 is 13.8 Å². The summed E-state index contributed by atoms with van der Waals surface area (Å²) in [5.41, 5.74) is 3.14. The summed E-state index contributed by atoms with van der Waals surface area (Å²) in [5.74, 6) is 1.45. The van der Waals surface area contributed by atoms with E-state index in [2.05, 4.69) is 15.1 Å². The molecule has 0 fully saturated rings. The molecule has 0 saturated heterocycles. The van der Waals surface area contributed by atoms with E-state index in [-0.39, 0.29) is 0 Å². The van der Waals surface area contributed by atoms with Crippen LogP contribution in [0.1, 0.15) is 12.5 Å². The molecule has 0 aliphatic heterocycles. The second kappa shape index (κ2) is 9.06. The maximum Gasteiger partial charge on any atom is 0.259 e. The van der Waals surface area contributed by atoms with Crippen LogP contribution in [0, 0.1) is 0 Å². The zero-order valence-corrected chi connectivity index (χ0v) is 19.7. The van der Waals surface area contributed by atoms with Crippen LogP contribution in [0.3, 0.4) is 0 Å². The van der Waals surface area contributed by atoms with Crippen molar-refractivity contribution in [1.82, 2.24) is 19.7 Å². The van der Waals surface area contributed by atoms with Gasteiger partial charge in [0.2, 0.25) is 5.82 Å². The van der Waals surface area contributed by atoms with E-state index >= 15 is 0 Å². The average Bonchev–Trinajstić information content (AvgIpc) is 3.39. The zero-order chi connectivity index (χ0) is 22.9. The molecule has 2 aromatic carbocycles. The number of hydrogen-bond acceptors (Lipinski definition) is 5. The van der Waals surface area contributed by atoms with E-state index in [4.69, 9.17) is 44.1 Å². The highest BCUT2D eigenvalue weighted by molar-refractivity contribution is 6.35. The van der Waals surface area contributed by atoms with Gasteiger partial charge in [-0.2, -0.15) is 4.98 Å². The summed E-state index contributed by atoms with van der Waals surface area (Å²) in [6, 6.07) is 14.9. The quantitative estimate of drug-likeness (QED) is 0.248. The van der Waals surface area contributed by atoms with Crippen molar-refractivity contribution >= 4 is 45.7 Å². The summed E-state index contributed by atoms with van der Waals surface area (Å²) in [6.45, 7) is 2.92. The molecule has 0 unspecified atom stereocenters. The third-order valence-electron chi connectivity index (χ3n) is 5.18. The Morgan fingerprint density at radius 3 is 2.70 bits per heavy atom. The second-order valence-electron chi connectivity index (χ2n) is 7.26. The van der Waals surface area contributed by atoms with Crippen LogP contribution in [-0.4, -0.2) is 26.3 Å². The van der Waals surface area contributed by atoms with Crippen molar-refractivity contribution in [3.63, 3.8) is 0 Å². The molecule has 0 amide bonds. The lowest BCUT2D eigenvalue weighted by molar-refractivity contribution is 0.340. The first-order valence-electron chi connectivity index (χ1n) is 10.2. The molecule has 5 rings (SSSR count). The smallest absolute Gasteiger partial charge is 0.259 e. The molecule has 0 atom stereocenters. The number of benzene rings is 2. The largest absolute Gasteiger partial charge is 0.494 e. The first-order valence-corrected chi connectivity index (χ1v) is 11.3. The maximum atomic E-state index is 6.92. The predicted octanol–water partition coefficient (Wildman–Crippen LogP) is 7.16. The maximum absolute atomic E-state index is 6.92. The molecule has 0 saturated carbocycles. The van der Waals surface area contributed by atoms with Gasteiger partial charge >= 0.3 is 0 Å². The van der Waals surface area contributed by atoms with Crippen molar-refractivity contribution in [2.45, 2.75) is 13.5 Å². The second-order valence-corrected chi connectivity index (χ2v) is 8.47. The Labute approximate surface area is 204 Å². The van der Waals surface area contributed by atoms with Crippen LogP contribution >= 0.6 is 34.8 Å². The molecule has 166 valence electrons. The van der Waals surface area contributed by atoms with Gasteiger partial charge in [-0.3, -0.25) is 4.98 Å². The summed E-state index contributed by atoms with van der Waals surface area (Å²) in [4.78, 5) is 8.70. The highest BCUT2D eigenvalue weighted by Gasteiger charge is 2.23. The van der Waals surface area contributed by atoms with Crippen molar-refractivity contribution in [2.75, 3.05) is 6.61 Å². The normalized spacial score (nSPS) is 11.3. The lowest BCUT2D eigenvalue weighted by Crippen LogP contribution is -2.00. The number of pyridine rings is 1. The first-order chi connectivity index (χ1) is 16.0. The minimum Gasteiger partial charge on any atom is -0.494 e. The highest BCUT2D eigenvalue weighted by Crippen LogP contribution is 2.40. The minimum atomic E-state index is 0.358. The van der Waals surface area contributed by atoms with Crippen molar-refractivity contribution < 1.29 is 9.26 Å². The molecule has 3 aromatic heterocycles. The van der Waals surface area contributed by atoms with E-state index in [0.29, 0.717) is 45.6 Å². The van der Waals surface area contributed by atoms with Crippen LogP contribution in [0.15, 0.2) is 65.4 Å². The van der Waals surface area contributed by atoms with E-state index < -0.39 is 0 Å². The van der Waals surface area contributed by atoms with Crippen LogP contribution in [0.5, 0.6) is 5.75 Å². The molecule has 5 aromatic rings. The molecule has 0 spiro atoms. The summed E-state index contributed by atoms with van der Waals surface area (Å²) in [5, 5.41) is 6.64. The molecular formula is C24H17Cl3N4O2. The number of ether oxygens (including phenoxy) is 1. The van der Waals surface area contributed by atoms with Gasteiger partial charge in [-0.05, 0) is 55.0 Å². The molecule has 0 bridgehead atoms. The average molecular weight is 500 g/mol. The molecule has 0 aliphatic rings. The number of nitrogens with zero attached hydrogens (tertiary/aromatic N) is 4. The Hall–Kier alpha value is -3.06. The van der Waals surface area contributed by atoms with Crippen LogP contribution in [-0.2, 0) is 6.54 Å². The number of aromatic nitrogens is 4. The van der Waals surface area contributed by atoms with Gasteiger partial charge in [0, 0.05) is 27.8 Å². The van der Waals surface area contributed by atoms with Gasteiger partial charge in [0.25, 0.3) is 5.89 Å². The van der Waals surface area contributed by atoms with Gasteiger partial charge in [0.15, 0.2) is 0 Å². The van der Waals surface area contributed by atoms with Gasteiger partial charge in [-0.15, -0.1) is 0 Å². The molecule has 6 nitrogen and oxygen atoms in total. The van der Waals surface area contributed by atoms with Gasteiger partial charge in [-0.25, -0.2) is 0 Å². The predicted molar refractivity (Wildman–Crippen MR) is 130 cm³/mol. The molecule has 0 N–H and O–H groups in total. The Balaban J connectivity index is 1.67. The standard InChI is InChI=1S/C24H17Cl3N4O2/c1-2-32-17-7-8-20-18(11-17)21(23-29-24(33-30-23)14-4-3-9-28-12-14)22(27)31(20)13-15-5-6-16(25)10-19(15)26/h3-12H,2,13H2,1H3.